The molecule has 0 aliphatic rings. The van der Waals surface area contributed by atoms with E-state index in [4.69, 9.17) is 0 Å². The van der Waals surface area contributed by atoms with E-state index < -0.39 is 0 Å². The van der Waals surface area contributed by atoms with Crippen LogP contribution in [0.15, 0.2) is 104 Å². The van der Waals surface area contributed by atoms with Crippen LogP contribution in [0.1, 0.15) is 74.8 Å². The van der Waals surface area contributed by atoms with Crippen LogP contribution in [0.2, 0.25) is 0 Å². The first kappa shape index (κ1) is 28.1. The molecule has 0 atom stereocenters. The van der Waals surface area contributed by atoms with Crippen LogP contribution >= 0.6 is 0 Å². The lowest BCUT2D eigenvalue weighted by Crippen LogP contribution is -1.99. The predicted molar refractivity (Wildman–Crippen MR) is 159 cm³/mol. The molecule has 2 rings (SSSR count). The Morgan fingerprint density at radius 3 is 2.40 bits per heavy atom. The minimum atomic E-state index is 0.708. The van der Waals surface area contributed by atoms with Gasteiger partial charge in [0, 0.05) is 0 Å². The molecule has 2 aromatic carbocycles. The lowest BCUT2D eigenvalue weighted by molar-refractivity contribution is 0.586. The van der Waals surface area contributed by atoms with Crippen LogP contribution in [0.4, 0.5) is 0 Å². The monoisotopic (exact) mass is 464 g/mol. The summed E-state index contributed by atoms with van der Waals surface area (Å²) in [6, 6.07) is 15.7. The van der Waals surface area contributed by atoms with Crippen molar-refractivity contribution in [3.05, 3.63) is 132 Å². The maximum atomic E-state index is 4.38. The van der Waals surface area contributed by atoms with Gasteiger partial charge in [-0.25, -0.2) is 0 Å². The number of hydrogen-bond acceptors (Lipinski definition) is 0. The lowest BCUT2D eigenvalue weighted by Gasteiger charge is -2.16. The van der Waals surface area contributed by atoms with E-state index in [1.165, 1.54) is 39.8 Å². The minimum absolute atomic E-state index is 0.708. The molecule has 184 valence electrons. The van der Waals surface area contributed by atoms with E-state index in [2.05, 4.69) is 115 Å². The van der Waals surface area contributed by atoms with Crippen molar-refractivity contribution >= 4 is 11.1 Å². The smallest absolute Gasteiger partial charge is 0.00915 e. The third kappa shape index (κ3) is 8.87. The Balaban J connectivity index is 2.41. The lowest BCUT2D eigenvalue weighted by atomic mass is 9.89. The second kappa shape index (κ2) is 14.3. The number of rotatable bonds is 13. The summed E-state index contributed by atoms with van der Waals surface area (Å²) in [5, 5.41) is 0. The van der Waals surface area contributed by atoms with E-state index in [-0.39, 0.29) is 0 Å². The van der Waals surface area contributed by atoms with Crippen molar-refractivity contribution in [3.63, 3.8) is 0 Å². The molecule has 0 bridgehead atoms. The van der Waals surface area contributed by atoms with Gasteiger partial charge < -0.3 is 0 Å². The Bertz CT molecular complexity index is 1110. The quantitative estimate of drug-likeness (QED) is 0.259. The molecule has 2 aromatic rings. The molecule has 0 radical (unpaired) electrons. The molecule has 35 heavy (non-hydrogen) atoms. The van der Waals surface area contributed by atoms with Crippen molar-refractivity contribution in [1.29, 1.82) is 0 Å². The highest BCUT2D eigenvalue weighted by Gasteiger charge is 2.11. The predicted octanol–water partition coefficient (Wildman–Crippen LogP) is 10.3. The van der Waals surface area contributed by atoms with E-state index >= 15 is 0 Å². The number of benzene rings is 2. The minimum Gasteiger partial charge on any atom is -0.0991 e. The standard InChI is InChI=1S/C35H44/c1-9-11-14-31(10-2)28(7)19-22-33(24-23-32-15-12-13-16-34(32)27(5)6)35-25-30(20-17-26(3)4)21-18-29(35)8/h9-16,18,21-22,25-26H,1,5,7,17,19-20,23-24H2,2-4,6,8H3. The van der Waals surface area contributed by atoms with E-state index in [0.717, 1.165) is 42.4 Å². The highest BCUT2D eigenvalue weighted by Crippen LogP contribution is 2.29. The molecule has 0 N–H and O–H groups in total. The fourth-order valence-electron chi connectivity index (χ4n) is 4.35. The molecule has 0 fully saturated rings. The summed E-state index contributed by atoms with van der Waals surface area (Å²) >= 11 is 0. The first-order chi connectivity index (χ1) is 16.8. The van der Waals surface area contributed by atoms with Crippen LogP contribution in [-0.2, 0) is 12.8 Å². The van der Waals surface area contributed by atoms with Crippen LogP contribution in [0.3, 0.4) is 0 Å². The van der Waals surface area contributed by atoms with Crippen LogP contribution < -0.4 is 0 Å². The number of hydrogen-bond donors (Lipinski definition) is 0. The maximum absolute atomic E-state index is 4.38. The van der Waals surface area contributed by atoms with Crippen molar-refractivity contribution in [2.75, 3.05) is 0 Å². The maximum Gasteiger partial charge on any atom is -0.00915 e. The second-order valence-corrected chi connectivity index (χ2v) is 9.90. The SMILES string of the molecule is C=CC=CC(=CC)C(=C)CC=C(CCc1ccccc1C(=C)C)c1cc(CCC(C)C)ccc1C. The molecule has 0 saturated heterocycles. The van der Waals surface area contributed by atoms with E-state index in [0.29, 0.717) is 5.92 Å². The number of allylic oxidation sites excluding steroid dienone is 9. The van der Waals surface area contributed by atoms with Gasteiger partial charge in [-0.3, -0.25) is 0 Å². The summed E-state index contributed by atoms with van der Waals surface area (Å²) in [4.78, 5) is 0. The topological polar surface area (TPSA) is 0 Å². The van der Waals surface area contributed by atoms with Crippen LogP contribution in [0, 0.1) is 12.8 Å². The summed E-state index contributed by atoms with van der Waals surface area (Å²) in [6.07, 6.45) is 15.5. The van der Waals surface area contributed by atoms with Gasteiger partial charge in [-0.05, 0) is 103 Å². The first-order valence-electron chi connectivity index (χ1n) is 12.9. The summed E-state index contributed by atoms with van der Waals surface area (Å²) in [6.45, 7) is 23.4. The highest BCUT2D eigenvalue weighted by molar-refractivity contribution is 5.70. The second-order valence-electron chi connectivity index (χ2n) is 9.90. The molecule has 0 amide bonds. The van der Waals surface area contributed by atoms with Gasteiger partial charge in [0.05, 0.1) is 0 Å². The van der Waals surface area contributed by atoms with E-state index in [1.54, 1.807) is 0 Å². The molecule has 0 heteroatoms. The zero-order valence-electron chi connectivity index (χ0n) is 22.7. The van der Waals surface area contributed by atoms with Crippen LogP contribution in [0.25, 0.3) is 11.1 Å². The average molecular weight is 465 g/mol. The highest BCUT2D eigenvalue weighted by atomic mass is 14.2. The van der Waals surface area contributed by atoms with Gasteiger partial charge in [0.25, 0.3) is 0 Å². The van der Waals surface area contributed by atoms with Crippen LogP contribution in [0.5, 0.6) is 0 Å². The molecule has 0 spiro atoms. The van der Waals surface area contributed by atoms with Gasteiger partial charge in [0.1, 0.15) is 0 Å². The summed E-state index contributed by atoms with van der Waals surface area (Å²) in [5.74, 6) is 0.708. The van der Waals surface area contributed by atoms with Crippen molar-refractivity contribution in [1.82, 2.24) is 0 Å². The summed E-state index contributed by atoms with van der Waals surface area (Å²) < 4.78 is 0. The molecular weight excluding hydrogens is 420 g/mol. The van der Waals surface area contributed by atoms with Gasteiger partial charge in [0.2, 0.25) is 0 Å². The summed E-state index contributed by atoms with van der Waals surface area (Å²) in [7, 11) is 0. The molecule has 0 aliphatic heterocycles. The molecule has 0 aromatic heterocycles. The van der Waals surface area contributed by atoms with Crippen molar-refractivity contribution in [3.8, 4) is 0 Å². The van der Waals surface area contributed by atoms with Crippen molar-refractivity contribution in [2.45, 2.75) is 66.7 Å². The zero-order valence-corrected chi connectivity index (χ0v) is 22.7. The Morgan fingerprint density at radius 2 is 1.74 bits per heavy atom. The first-order valence-corrected chi connectivity index (χ1v) is 12.9. The Hall–Kier alpha value is -3.12. The summed E-state index contributed by atoms with van der Waals surface area (Å²) in [5.41, 5.74) is 11.6. The average Bonchev–Trinajstić information content (AvgIpc) is 2.84. The van der Waals surface area contributed by atoms with E-state index in [9.17, 15) is 0 Å². The Morgan fingerprint density at radius 1 is 1.00 bits per heavy atom. The van der Waals surface area contributed by atoms with Crippen LogP contribution in [-0.4, -0.2) is 0 Å². The molecule has 0 saturated carbocycles. The Labute approximate surface area is 215 Å². The van der Waals surface area contributed by atoms with E-state index in [1.807, 2.05) is 12.2 Å². The molecule has 0 unspecified atom stereocenters. The molecular formula is C35H44. The van der Waals surface area contributed by atoms with Gasteiger partial charge in [0.15, 0.2) is 0 Å². The molecule has 0 nitrogen and oxygen atoms in total. The van der Waals surface area contributed by atoms with Gasteiger partial charge >= 0.3 is 0 Å². The normalized spacial score (nSPS) is 12.4. The third-order valence-corrected chi connectivity index (χ3v) is 6.53. The van der Waals surface area contributed by atoms with Gasteiger partial charge in [-0.1, -0.05) is 112 Å². The van der Waals surface area contributed by atoms with Gasteiger partial charge in [-0.15, -0.1) is 0 Å². The van der Waals surface area contributed by atoms with Crippen molar-refractivity contribution in [2.24, 2.45) is 5.92 Å². The van der Waals surface area contributed by atoms with Gasteiger partial charge in [-0.2, -0.15) is 0 Å². The Kier molecular flexibility index (Phi) is 11.5. The fraction of sp³-hybridized carbons (Fsp3) is 0.314. The number of aryl methyl sites for hydroxylation is 3. The molecule has 0 heterocycles. The largest absolute Gasteiger partial charge is 0.0991 e. The zero-order chi connectivity index (χ0) is 25.8. The third-order valence-electron chi connectivity index (χ3n) is 6.53. The fourth-order valence-corrected chi connectivity index (χ4v) is 4.35. The molecule has 0 aliphatic carbocycles. The van der Waals surface area contributed by atoms with Crippen molar-refractivity contribution < 1.29 is 0 Å².